The van der Waals surface area contributed by atoms with Crippen LogP contribution in [-0.2, 0) is 5.41 Å². The first-order valence-corrected chi connectivity index (χ1v) is 6.07. The molecule has 84 valence electrons. The second-order valence-corrected chi connectivity index (χ2v) is 4.94. The smallest absolute Gasteiger partial charge is 0.0305 e. The second-order valence-electron chi connectivity index (χ2n) is 4.94. The van der Waals surface area contributed by atoms with Crippen molar-refractivity contribution in [2.24, 2.45) is 0 Å². The normalized spacial score (nSPS) is 11.7. The van der Waals surface area contributed by atoms with Crippen molar-refractivity contribution < 1.29 is 0 Å². The van der Waals surface area contributed by atoms with Gasteiger partial charge in [0.15, 0.2) is 0 Å². The van der Waals surface area contributed by atoms with Gasteiger partial charge in [0.2, 0.25) is 0 Å². The predicted octanol–water partition coefficient (Wildman–Crippen LogP) is 4.33. The zero-order chi connectivity index (χ0) is 11.1. The summed E-state index contributed by atoms with van der Waals surface area (Å²) in [4.78, 5) is 4.20. The Balaban J connectivity index is 2.45. The molecule has 0 aliphatic carbocycles. The molecule has 0 bridgehead atoms. The average molecular weight is 205 g/mol. The standard InChI is InChI=1S/C14H23N/c1-4-5-6-7-10-14(2,3)13-9-8-11-15-12-13/h8-9,11-12H,4-7,10H2,1-3H3. The van der Waals surface area contributed by atoms with E-state index in [1.807, 2.05) is 18.5 Å². The maximum absolute atomic E-state index is 4.20. The number of hydrogen-bond acceptors (Lipinski definition) is 1. The van der Waals surface area contributed by atoms with Gasteiger partial charge in [-0.1, -0.05) is 52.5 Å². The van der Waals surface area contributed by atoms with E-state index in [0.717, 1.165) is 0 Å². The highest BCUT2D eigenvalue weighted by Crippen LogP contribution is 2.28. The summed E-state index contributed by atoms with van der Waals surface area (Å²) in [5.74, 6) is 0. The van der Waals surface area contributed by atoms with Crippen LogP contribution < -0.4 is 0 Å². The Morgan fingerprint density at radius 1 is 1.20 bits per heavy atom. The summed E-state index contributed by atoms with van der Waals surface area (Å²) in [5, 5.41) is 0. The zero-order valence-electron chi connectivity index (χ0n) is 10.3. The maximum Gasteiger partial charge on any atom is 0.0305 e. The summed E-state index contributed by atoms with van der Waals surface area (Å²) in [6.07, 6.45) is 10.5. The van der Waals surface area contributed by atoms with Crippen molar-refractivity contribution >= 4 is 0 Å². The molecule has 0 saturated heterocycles. The van der Waals surface area contributed by atoms with Gasteiger partial charge in [0.1, 0.15) is 0 Å². The van der Waals surface area contributed by atoms with Gasteiger partial charge in [-0.05, 0) is 23.5 Å². The lowest BCUT2D eigenvalue weighted by Crippen LogP contribution is -2.17. The third-order valence-corrected chi connectivity index (χ3v) is 3.10. The zero-order valence-corrected chi connectivity index (χ0v) is 10.3. The van der Waals surface area contributed by atoms with E-state index in [9.17, 15) is 0 Å². The molecule has 0 aliphatic heterocycles. The highest BCUT2D eigenvalue weighted by atomic mass is 14.6. The third-order valence-electron chi connectivity index (χ3n) is 3.10. The molecule has 0 unspecified atom stereocenters. The van der Waals surface area contributed by atoms with Crippen molar-refractivity contribution in [2.45, 2.75) is 58.3 Å². The van der Waals surface area contributed by atoms with Crippen LogP contribution in [0, 0.1) is 0 Å². The second kappa shape index (κ2) is 5.89. The highest BCUT2D eigenvalue weighted by Gasteiger charge is 2.19. The van der Waals surface area contributed by atoms with Crippen molar-refractivity contribution in [2.75, 3.05) is 0 Å². The highest BCUT2D eigenvalue weighted by molar-refractivity contribution is 5.19. The van der Waals surface area contributed by atoms with E-state index in [2.05, 4.69) is 31.8 Å². The summed E-state index contributed by atoms with van der Waals surface area (Å²) in [5.41, 5.74) is 1.64. The molecule has 1 nitrogen and oxygen atoms in total. The van der Waals surface area contributed by atoms with Crippen molar-refractivity contribution in [1.29, 1.82) is 0 Å². The molecule has 1 rings (SSSR count). The Morgan fingerprint density at radius 2 is 2.00 bits per heavy atom. The van der Waals surface area contributed by atoms with Gasteiger partial charge in [-0.2, -0.15) is 0 Å². The molecule has 0 amide bonds. The molecule has 1 heteroatoms. The molecule has 0 aromatic carbocycles. The number of nitrogens with zero attached hydrogens (tertiary/aromatic N) is 1. The van der Waals surface area contributed by atoms with Crippen LogP contribution in [0.5, 0.6) is 0 Å². The van der Waals surface area contributed by atoms with Gasteiger partial charge in [0.25, 0.3) is 0 Å². The van der Waals surface area contributed by atoms with E-state index < -0.39 is 0 Å². The summed E-state index contributed by atoms with van der Waals surface area (Å²) < 4.78 is 0. The van der Waals surface area contributed by atoms with Crippen LogP contribution in [0.2, 0.25) is 0 Å². The fraction of sp³-hybridized carbons (Fsp3) is 0.643. The molecule has 0 fully saturated rings. The van der Waals surface area contributed by atoms with E-state index in [1.54, 1.807) is 0 Å². The topological polar surface area (TPSA) is 12.9 Å². The number of hydrogen-bond donors (Lipinski definition) is 0. The molecule has 1 heterocycles. The summed E-state index contributed by atoms with van der Waals surface area (Å²) in [6, 6.07) is 4.22. The van der Waals surface area contributed by atoms with Crippen molar-refractivity contribution in [1.82, 2.24) is 4.98 Å². The first-order valence-electron chi connectivity index (χ1n) is 6.07. The molecular weight excluding hydrogens is 182 g/mol. The summed E-state index contributed by atoms with van der Waals surface area (Å²) >= 11 is 0. The molecular formula is C14H23N. The summed E-state index contributed by atoms with van der Waals surface area (Å²) in [7, 11) is 0. The van der Waals surface area contributed by atoms with Crippen LogP contribution in [-0.4, -0.2) is 4.98 Å². The van der Waals surface area contributed by atoms with Crippen molar-refractivity contribution in [3.8, 4) is 0 Å². The van der Waals surface area contributed by atoms with Gasteiger partial charge < -0.3 is 0 Å². The first kappa shape index (κ1) is 12.2. The molecule has 1 aromatic heterocycles. The molecule has 15 heavy (non-hydrogen) atoms. The van der Waals surface area contributed by atoms with E-state index in [1.165, 1.54) is 37.7 Å². The molecule has 0 aliphatic rings. The van der Waals surface area contributed by atoms with Crippen molar-refractivity contribution in [3.63, 3.8) is 0 Å². The Kier molecular flexibility index (Phi) is 4.80. The molecule has 1 aromatic rings. The van der Waals surface area contributed by atoms with E-state index >= 15 is 0 Å². The minimum absolute atomic E-state index is 0.280. The minimum atomic E-state index is 0.280. The fourth-order valence-corrected chi connectivity index (χ4v) is 1.90. The van der Waals surface area contributed by atoms with Crippen molar-refractivity contribution in [3.05, 3.63) is 30.1 Å². The Morgan fingerprint density at radius 3 is 2.60 bits per heavy atom. The van der Waals surface area contributed by atoms with Crippen LogP contribution in [0.3, 0.4) is 0 Å². The predicted molar refractivity (Wildman–Crippen MR) is 66.0 cm³/mol. The Hall–Kier alpha value is -0.850. The summed E-state index contributed by atoms with van der Waals surface area (Å²) in [6.45, 7) is 6.89. The molecule has 0 radical (unpaired) electrons. The SMILES string of the molecule is CCCCCCC(C)(C)c1cccnc1. The largest absolute Gasteiger partial charge is 0.264 e. The monoisotopic (exact) mass is 205 g/mol. The lowest BCUT2D eigenvalue weighted by molar-refractivity contribution is 0.445. The third kappa shape index (κ3) is 4.03. The number of rotatable bonds is 6. The molecule has 0 spiro atoms. The van der Waals surface area contributed by atoms with E-state index in [0.29, 0.717) is 0 Å². The van der Waals surface area contributed by atoms with Crippen LogP contribution in [0.15, 0.2) is 24.5 Å². The number of aromatic nitrogens is 1. The molecule has 0 N–H and O–H groups in total. The van der Waals surface area contributed by atoms with Gasteiger partial charge in [-0.3, -0.25) is 4.98 Å². The van der Waals surface area contributed by atoms with E-state index in [-0.39, 0.29) is 5.41 Å². The first-order chi connectivity index (χ1) is 7.17. The minimum Gasteiger partial charge on any atom is -0.264 e. The maximum atomic E-state index is 4.20. The Labute approximate surface area is 93.9 Å². The van der Waals surface area contributed by atoms with Gasteiger partial charge in [-0.25, -0.2) is 0 Å². The number of unbranched alkanes of at least 4 members (excludes halogenated alkanes) is 3. The van der Waals surface area contributed by atoms with Gasteiger partial charge in [0.05, 0.1) is 0 Å². The van der Waals surface area contributed by atoms with Crippen LogP contribution >= 0.6 is 0 Å². The molecule has 0 atom stereocenters. The fourth-order valence-electron chi connectivity index (χ4n) is 1.90. The van der Waals surface area contributed by atoms with Crippen LogP contribution in [0.1, 0.15) is 58.4 Å². The van der Waals surface area contributed by atoms with Gasteiger partial charge in [0, 0.05) is 12.4 Å². The van der Waals surface area contributed by atoms with Gasteiger partial charge >= 0.3 is 0 Å². The molecule has 0 saturated carbocycles. The van der Waals surface area contributed by atoms with Crippen LogP contribution in [0.25, 0.3) is 0 Å². The van der Waals surface area contributed by atoms with E-state index in [4.69, 9.17) is 0 Å². The number of pyridine rings is 1. The lowest BCUT2D eigenvalue weighted by Gasteiger charge is -2.24. The van der Waals surface area contributed by atoms with Crippen LogP contribution in [0.4, 0.5) is 0 Å². The van der Waals surface area contributed by atoms with Gasteiger partial charge in [-0.15, -0.1) is 0 Å². The quantitative estimate of drug-likeness (QED) is 0.630. The average Bonchev–Trinajstić information content (AvgIpc) is 2.26. The lowest BCUT2D eigenvalue weighted by atomic mass is 9.81. The Bertz CT molecular complexity index is 264.